The van der Waals surface area contributed by atoms with E-state index >= 15 is 0 Å². The van der Waals surface area contributed by atoms with Gasteiger partial charge in [-0.1, -0.05) is 17.1 Å². The van der Waals surface area contributed by atoms with Crippen molar-refractivity contribution in [2.24, 2.45) is 5.73 Å². The Bertz CT molecular complexity index is 438. The number of hydrogen-bond donors (Lipinski definition) is 2. The summed E-state index contributed by atoms with van der Waals surface area (Å²) in [6.45, 7) is 0.623. The van der Waals surface area contributed by atoms with E-state index in [4.69, 9.17) is 5.73 Å². The minimum atomic E-state index is -4.59. The molecule has 0 bridgehead atoms. The van der Waals surface area contributed by atoms with Crippen molar-refractivity contribution in [3.8, 4) is 0 Å². The molecule has 1 rings (SSSR count). The van der Waals surface area contributed by atoms with Crippen LogP contribution in [0, 0.1) is 0 Å². The van der Waals surface area contributed by atoms with Gasteiger partial charge in [0.05, 0.1) is 5.56 Å². The third kappa shape index (κ3) is 4.28. The van der Waals surface area contributed by atoms with Gasteiger partial charge in [-0.2, -0.15) is 13.2 Å². The summed E-state index contributed by atoms with van der Waals surface area (Å²) in [5, 5.41) is 2.71. The van der Waals surface area contributed by atoms with E-state index in [1.807, 2.05) is 0 Å². The molecule has 0 aliphatic rings. The molecule has 0 aliphatic carbocycles. The van der Waals surface area contributed by atoms with E-state index < -0.39 is 28.6 Å². The number of rotatable bonds is 5. The van der Waals surface area contributed by atoms with E-state index in [0.29, 0.717) is 6.54 Å². The predicted molar refractivity (Wildman–Crippen MR) is 61.6 cm³/mol. The molecular formula is C10H12F3N2O2S-. The molecule has 18 heavy (non-hydrogen) atoms. The van der Waals surface area contributed by atoms with E-state index in [9.17, 15) is 21.9 Å². The second-order valence-corrected chi connectivity index (χ2v) is 4.43. The first-order valence-corrected chi connectivity index (χ1v) is 6.29. The molecule has 0 saturated heterocycles. The molecule has 0 spiro atoms. The van der Waals surface area contributed by atoms with E-state index in [1.165, 1.54) is 6.07 Å². The zero-order chi connectivity index (χ0) is 13.8. The second-order valence-electron chi connectivity index (χ2n) is 3.53. The van der Waals surface area contributed by atoms with Crippen LogP contribution in [0.15, 0.2) is 18.2 Å². The highest BCUT2D eigenvalue weighted by molar-refractivity contribution is 7.78. The maximum absolute atomic E-state index is 12.7. The summed E-state index contributed by atoms with van der Waals surface area (Å²) in [6.07, 6.45) is -4.59. The van der Waals surface area contributed by atoms with Crippen molar-refractivity contribution in [3.05, 3.63) is 29.3 Å². The Kier molecular flexibility index (Phi) is 5.12. The Morgan fingerprint density at radius 3 is 2.56 bits per heavy atom. The standard InChI is InChI=1S/C10H13F3N2O2S/c11-10(12,13)9-5-8(15-4-3-14)2-1-7(9)6-18(16)17/h1-2,5,15H,3-4,6,14H2,(H,16,17)/p-1. The molecule has 0 aliphatic heterocycles. The highest BCUT2D eigenvalue weighted by Gasteiger charge is 2.33. The summed E-state index contributed by atoms with van der Waals surface area (Å²) >= 11 is -2.56. The van der Waals surface area contributed by atoms with Gasteiger partial charge in [0.2, 0.25) is 0 Å². The minimum absolute atomic E-state index is 0.258. The molecule has 1 aromatic carbocycles. The smallest absolute Gasteiger partial charge is 0.416 e. The van der Waals surface area contributed by atoms with Gasteiger partial charge < -0.3 is 15.6 Å². The monoisotopic (exact) mass is 281 g/mol. The lowest BCUT2D eigenvalue weighted by Gasteiger charge is -2.16. The summed E-state index contributed by atoms with van der Waals surface area (Å²) in [6, 6.07) is 3.43. The van der Waals surface area contributed by atoms with E-state index in [2.05, 4.69) is 5.32 Å². The van der Waals surface area contributed by atoms with Crippen molar-refractivity contribution < 1.29 is 21.9 Å². The third-order valence-corrected chi connectivity index (χ3v) is 2.71. The van der Waals surface area contributed by atoms with E-state index in [1.54, 1.807) is 0 Å². The maximum Gasteiger partial charge on any atom is 0.416 e. The summed E-state index contributed by atoms with van der Waals surface area (Å²) in [5.74, 6) is -0.661. The van der Waals surface area contributed by atoms with E-state index in [-0.39, 0.29) is 17.8 Å². The number of halogens is 3. The highest BCUT2D eigenvalue weighted by Crippen LogP contribution is 2.34. The predicted octanol–water partition coefficient (Wildman–Crippen LogP) is 1.46. The van der Waals surface area contributed by atoms with Crippen LogP contribution >= 0.6 is 0 Å². The minimum Gasteiger partial charge on any atom is -0.772 e. The highest BCUT2D eigenvalue weighted by atomic mass is 32.2. The van der Waals surface area contributed by atoms with Gasteiger partial charge in [-0.15, -0.1) is 0 Å². The fourth-order valence-corrected chi connectivity index (χ4v) is 1.93. The quantitative estimate of drug-likeness (QED) is 0.801. The molecule has 1 aromatic rings. The summed E-state index contributed by atoms with van der Waals surface area (Å²) in [4.78, 5) is 0. The molecule has 0 heterocycles. The van der Waals surface area contributed by atoms with Crippen molar-refractivity contribution in [2.75, 3.05) is 18.4 Å². The number of nitrogens with one attached hydrogen (secondary N) is 1. The fraction of sp³-hybridized carbons (Fsp3) is 0.400. The molecule has 1 atom stereocenters. The van der Waals surface area contributed by atoms with Crippen molar-refractivity contribution in [2.45, 2.75) is 11.9 Å². The molecule has 4 nitrogen and oxygen atoms in total. The lowest BCUT2D eigenvalue weighted by molar-refractivity contribution is -0.138. The Balaban J connectivity index is 3.08. The molecule has 0 amide bonds. The van der Waals surface area contributed by atoms with Crippen LogP contribution in [-0.4, -0.2) is 21.9 Å². The van der Waals surface area contributed by atoms with Crippen molar-refractivity contribution in [3.63, 3.8) is 0 Å². The molecule has 3 N–H and O–H groups in total. The Hall–Kier alpha value is -1.12. The molecule has 102 valence electrons. The molecule has 8 heteroatoms. The zero-order valence-electron chi connectivity index (χ0n) is 9.29. The van der Waals surface area contributed by atoms with Crippen LogP contribution < -0.4 is 11.1 Å². The lowest BCUT2D eigenvalue weighted by Crippen LogP contribution is -2.15. The van der Waals surface area contributed by atoms with Gasteiger partial charge >= 0.3 is 6.18 Å². The molecule has 0 saturated carbocycles. The molecule has 0 radical (unpaired) electrons. The van der Waals surface area contributed by atoms with Gasteiger partial charge in [0.15, 0.2) is 0 Å². The molecule has 0 aromatic heterocycles. The molecule has 0 fully saturated rings. The average Bonchev–Trinajstić information content (AvgIpc) is 2.25. The number of anilines is 1. The van der Waals surface area contributed by atoms with Crippen LogP contribution in [0.25, 0.3) is 0 Å². The van der Waals surface area contributed by atoms with Gasteiger partial charge in [-0.25, -0.2) is 0 Å². The van der Waals surface area contributed by atoms with Crippen molar-refractivity contribution >= 4 is 16.8 Å². The summed E-state index contributed by atoms with van der Waals surface area (Å²) in [5.41, 5.74) is 4.27. The van der Waals surface area contributed by atoms with Gasteiger partial charge in [0.25, 0.3) is 0 Å². The number of nitrogens with two attached hydrogens (primary N) is 1. The normalized spacial score (nSPS) is 13.4. The van der Waals surface area contributed by atoms with Gasteiger partial charge in [0, 0.05) is 24.5 Å². The first-order valence-electron chi connectivity index (χ1n) is 5.04. The second kappa shape index (κ2) is 6.17. The van der Waals surface area contributed by atoms with Gasteiger partial charge in [-0.05, 0) is 17.7 Å². The number of hydrogen-bond acceptors (Lipinski definition) is 4. The van der Waals surface area contributed by atoms with Crippen LogP contribution in [0.1, 0.15) is 11.1 Å². The summed E-state index contributed by atoms with van der Waals surface area (Å²) in [7, 11) is 0. The average molecular weight is 281 g/mol. The Morgan fingerprint density at radius 1 is 1.39 bits per heavy atom. The van der Waals surface area contributed by atoms with Crippen LogP contribution in [0.4, 0.5) is 18.9 Å². The Morgan fingerprint density at radius 2 is 2.06 bits per heavy atom. The first-order chi connectivity index (χ1) is 8.34. The van der Waals surface area contributed by atoms with Crippen LogP contribution in [-0.2, 0) is 23.0 Å². The third-order valence-electron chi connectivity index (χ3n) is 2.16. The maximum atomic E-state index is 12.7. The Labute approximate surface area is 105 Å². The van der Waals surface area contributed by atoms with Gasteiger partial charge in [-0.3, -0.25) is 4.21 Å². The number of benzene rings is 1. The van der Waals surface area contributed by atoms with Crippen LogP contribution in [0.2, 0.25) is 0 Å². The topological polar surface area (TPSA) is 78.2 Å². The van der Waals surface area contributed by atoms with Crippen LogP contribution in [0.3, 0.4) is 0 Å². The lowest BCUT2D eigenvalue weighted by atomic mass is 10.1. The van der Waals surface area contributed by atoms with Gasteiger partial charge in [0.1, 0.15) is 0 Å². The largest absolute Gasteiger partial charge is 0.772 e. The molecular weight excluding hydrogens is 269 g/mol. The first kappa shape index (κ1) is 14.9. The zero-order valence-corrected chi connectivity index (χ0v) is 10.1. The van der Waals surface area contributed by atoms with Crippen molar-refractivity contribution in [1.29, 1.82) is 0 Å². The number of alkyl halides is 3. The van der Waals surface area contributed by atoms with E-state index in [0.717, 1.165) is 12.1 Å². The van der Waals surface area contributed by atoms with Crippen LogP contribution in [0.5, 0.6) is 0 Å². The summed E-state index contributed by atoms with van der Waals surface area (Å²) < 4.78 is 59.3. The molecule has 1 unspecified atom stereocenters. The SMILES string of the molecule is NCCNc1ccc(CS(=O)[O-])c(C(F)(F)F)c1. The fourth-order valence-electron chi connectivity index (χ4n) is 1.42. The van der Waals surface area contributed by atoms with Crippen molar-refractivity contribution in [1.82, 2.24) is 0 Å².